The third-order valence-corrected chi connectivity index (χ3v) is 7.79. The summed E-state index contributed by atoms with van der Waals surface area (Å²) in [5, 5.41) is 10.1. The maximum absolute atomic E-state index is 14.0. The number of amides is 4. The second kappa shape index (κ2) is 16.6. The van der Waals surface area contributed by atoms with Gasteiger partial charge in [0.25, 0.3) is 0 Å². The van der Waals surface area contributed by atoms with Gasteiger partial charge in [0.05, 0.1) is 0 Å². The van der Waals surface area contributed by atoms with Gasteiger partial charge in [-0.15, -0.1) is 0 Å². The maximum atomic E-state index is 14.0. The van der Waals surface area contributed by atoms with Crippen molar-refractivity contribution in [1.29, 1.82) is 0 Å². The Bertz CT molecular complexity index is 2270. The molecule has 0 saturated heterocycles. The molecule has 4 amide bonds. The van der Waals surface area contributed by atoms with E-state index in [2.05, 4.69) is 21.3 Å². The van der Waals surface area contributed by atoms with E-state index in [1.807, 2.05) is 0 Å². The van der Waals surface area contributed by atoms with Gasteiger partial charge in [0.1, 0.15) is 11.5 Å². The Kier molecular flexibility index (Phi) is 11.5. The van der Waals surface area contributed by atoms with Crippen molar-refractivity contribution in [3.63, 3.8) is 0 Å². The van der Waals surface area contributed by atoms with Crippen LogP contribution in [0.15, 0.2) is 97.1 Å². The Hall–Kier alpha value is -7.24. The fourth-order valence-corrected chi connectivity index (χ4v) is 5.09. The van der Waals surface area contributed by atoms with Crippen LogP contribution in [0.1, 0.15) is 11.1 Å². The van der Waals surface area contributed by atoms with E-state index in [0.717, 1.165) is 23.3 Å². The van der Waals surface area contributed by atoms with E-state index in [1.165, 1.54) is 36.4 Å². The number of hydrogen-bond donors (Lipinski definition) is 4. The molecule has 6 rings (SSSR count). The molecule has 0 bridgehead atoms. The van der Waals surface area contributed by atoms with Crippen molar-refractivity contribution in [2.24, 2.45) is 0 Å². The number of nitrogens with one attached hydrogen (secondary N) is 4. The Labute approximate surface area is 314 Å². The molecule has 0 unspecified atom stereocenters. The van der Waals surface area contributed by atoms with Crippen LogP contribution in [0.4, 0.5) is 76.2 Å². The zero-order chi connectivity index (χ0) is 41.0. The molecule has 8 nitrogen and oxygen atoms in total. The van der Waals surface area contributed by atoms with Gasteiger partial charge in [-0.05, 0) is 66.1 Å². The Balaban J connectivity index is 0.992. The lowest BCUT2D eigenvalue weighted by molar-refractivity contribution is 0.261. The Morgan fingerprint density at radius 3 is 1.02 bits per heavy atom. The molecule has 6 aromatic rings. The normalized spacial score (nSPS) is 10.8. The van der Waals surface area contributed by atoms with E-state index in [4.69, 9.17) is 9.47 Å². The van der Waals surface area contributed by atoms with Gasteiger partial charge < -0.3 is 30.7 Å². The second-order valence-corrected chi connectivity index (χ2v) is 11.8. The van der Waals surface area contributed by atoms with E-state index in [0.29, 0.717) is 17.8 Å². The topological polar surface area (TPSA) is 101 Å². The van der Waals surface area contributed by atoms with Crippen molar-refractivity contribution in [2.45, 2.75) is 6.42 Å². The van der Waals surface area contributed by atoms with E-state index in [1.54, 1.807) is 48.5 Å². The van der Waals surface area contributed by atoms with Crippen LogP contribution in [0.5, 0.6) is 23.0 Å². The fourth-order valence-electron chi connectivity index (χ4n) is 5.09. The summed E-state index contributed by atoms with van der Waals surface area (Å²) in [5.74, 6) is -25.7. The number of ether oxygens (including phenoxy) is 2. The molecule has 6 aromatic carbocycles. The molecule has 0 radical (unpaired) electrons. The molecule has 0 aliphatic carbocycles. The summed E-state index contributed by atoms with van der Waals surface area (Å²) in [6, 6.07) is 21.9. The number of carbonyl (C=O) groups is 2. The zero-order valence-corrected chi connectivity index (χ0v) is 28.4. The van der Waals surface area contributed by atoms with Crippen molar-refractivity contribution < 1.29 is 63.0 Å². The highest BCUT2D eigenvalue weighted by Crippen LogP contribution is 2.35. The van der Waals surface area contributed by atoms with Gasteiger partial charge in [-0.3, -0.25) is 0 Å². The third kappa shape index (κ3) is 9.01. The lowest BCUT2D eigenvalue weighted by Gasteiger charge is -2.12. The first-order valence-electron chi connectivity index (χ1n) is 16.1. The summed E-state index contributed by atoms with van der Waals surface area (Å²) in [4.78, 5) is 25.2. The zero-order valence-electron chi connectivity index (χ0n) is 28.4. The van der Waals surface area contributed by atoms with Crippen molar-refractivity contribution in [3.8, 4) is 23.0 Å². The number of urea groups is 2. The number of hydrogen-bond acceptors (Lipinski definition) is 4. The number of anilines is 4. The van der Waals surface area contributed by atoms with Crippen LogP contribution in [0.3, 0.4) is 0 Å². The van der Waals surface area contributed by atoms with Gasteiger partial charge in [0.2, 0.25) is 69.7 Å². The Morgan fingerprint density at radius 2 is 0.684 bits per heavy atom. The molecule has 57 heavy (non-hydrogen) atoms. The van der Waals surface area contributed by atoms with Crippen LogP contribution in [0.2, 0.25) is 0 Å². The van der Waals surface area contributed by atoms with Gasteiger partial charge in [-0.1, -0.05) is 36.4 Å². The molecule has 18 heteroatoms. The highest BCUT2D eigenvalue weighted by atomic mass is 19.2. The monoisotopic (exact) mass is 800 g/mol. The molecule has 0 atom stereocenters. The van der Waals surface area contributed by atoms with E-state index >= 15 is 0 Å². The molecular formula is C39H22F10N4O4. The average molecular weight is 801 g/mol. The molecule has 0 saturated carbocycles. The van der Waals surface area contributed by atoms with Crippen molar-refractivity contribution >= 4 is 34.8 Å². The van der Waals surface area contributed by atoms with Crippen molar-refractivity contribution in [1.82, 2.24) is 0 Å². The first-order chi connectivity index (χ1) is 27.2. The summed E-state index contributed by atoms with van der Waals surface area (Å²) < 4.78 is 147. The van der Waals surface area contributed by atoms with Gasteiger partial charge >= 0.3 is 12.1 Å². The van der Waals surface area contributed by atoms with Gasteiger partial charge in [0, 0.05) is 34.9 Å². The number of rotatable bonds is 10. The highest BCUT2D eigenvalue weighted by Gasteiger charge is 2.29. The predicted octanol–water partition coefficient (Wildman–Crippen LogP) is 11.5. The molecular weight excluding hydrogens is 778 g/mol. The molecule has 0 aliphatic heterocycles. The first-order valence-corrected chi connectivity index (χ1v) is 16.1. The molecule has 0 aliphatic rings. The molecule has 292 valence electrons. The van der Waals surface area contributed by atoms with Crippen LogP contribution in [-0.4, -0.2) is 12.1 Å². The summed E-state index contributed by atoms with van der Waals surface area (Å²) in [7, 11) is 0. The van der Waals surface area contributed by atoms with Crippen molar-refractivity contribution in [2.75, 3.05) is 21.3 Å². The quantitative estimate of drug-likeness (QED) is 0.0630. The SMILES string of the molecule is O=C(Nc1ccc(Cc2ccc(NC(=O)Nc3cccc(Oc4c(F)c(F)c(F)c(F)c4F)c3)cc2)cc1)Nc1cccc(Oc2c(F)c(F)c(F)c(F)c2F)c1. The standard InChI is InChI=1S/C39H22F10N4O4/c40-26-28(42)32(46)36(33(47)29(26)43)56-24-5-1-3-22(16-24)52-38(54)50-20-11-7-18(8-12-20)15-19-9-13-21(14-10-19)51-39(55)53-23-4-2-6-25(17-23)57-37-34(48)30(44)27(41)31(45)35(37)49/h1-14,16-17H,15H2,(H2,50,52,54)(H2,51,53,55). The van der Waals surface area contributed by atoms with Gasteiger partial charge in [0.15, 0.2) is 0 Å². The summed E-state index contributed by atoms with van der Waals surface area (Å²) in [6.07, 6.45) is 0.449. The van der Waals surface area contributed by atoms with Crippen LogP contribution in [0.25, 0.3) is 0 Å². The lowest BCUT2D eigenvalue weighted by Crippen LogP contribution is -2.19. The number of carbonyl (C=O) groups excluding carboxylic acids is 2. The smallest absolute Gasteiger partial charge is 0.323 e. The van der Waals surface area contributed by atoms with E-state index < -0.39 is 81.7 Å². The number of benzene rings is 6. The maximum Gasteiger partial charge on any atom is 0.323 e. The minimum atomic E-state index is -2.34. The molecule has 0 fully saturated rings. The van der Waals surface area contributed by atoms with Crippen LogP contribution in [-0.2, 0) is 6.42 Å². The largest absolute Gasteiger partial charge is 0.451 e. The Morgan fingerprint density at radius 1 is 0.386 bits per heavy atom. The van der Waals surface area contributed by atoms with Gasteiger partial charge in [-0.2, -0.15) is 17.6 Å². The average Bonchev–Trinajstić information content (AvgIpc) is 3.20. The lowest BCUT2D eigenvalue weighted by atomic mass is 10.0. The van der Waals surface area contributed by atoms with Crippen LogP contribution >= 0.6 is 0 Å². The minimum absolute atomic E-state index is 0.0662. The second-order valence-electron chi connectivity index (χ2n) is 11.8. The fraction of sp³-hybridized carbons (Fsp3) is 0.0256. The molecule has 0 aromatic heterocycles. The first kappa shape index (κ1) is 39.5. The number of halogens is 10. The summed E-state index contributed by atoms with van der Waals surface area (Å²) in [6.45, 7) is 0. The third-order valence-electron chi connectivity index (χ3n) is 7.79. The van der Waals surface area contributed by atoms with E-state index in [-0.39, 0.29) is 22.9 Å². The molecule has 4 N–H and O–H groups in total. The minimum Gasteiger partial charge on any atom is -0.451 e. The van der Waals surface area contributed by atoms with Gasteiger partial charge in [-0.25, -0.2) is 35.9 Å². The van der Waals surface area contributed by atoms with Crippen LogP contribution < -0.4 is 30.7 Å². The van der Waals surface area contributed by atoms with Crippen molar-refractivity contribution in [3.05, 3.63) is 166 Å². The summed E-state index contributed by atoms with van der Waals surface area (Å²) in [5.41, 5.74) is 2.57. The molecule has 0 spiro atoms. The van der Waals surface area contributed by atoms with E-state index in [9.17, 15) is 53.5 Å². The highest BCUT2D eigenvalue weighted by molar-refractivity contribution is 6.00. The predicted molar refractivity (Wildman–Crippen MR) is 186 cm³/mol. The molecule has 0 heterocycles. The summed E-state index contributed by atoms with van der Waals surface area (Å²) >= 11 is 0. The van der Waals surface area contributed by atoms with Crippen LogP contribution in [0, 0.1) is 58.2 Å².